The quantitative estimate of drug-likeness (QED) is 0.557. The minimum absolute atomic E-state index is 0.417. The SMILES string of the molecule is CCCCNc1nnc(-c2cc(C)c(OCCC3CCC(=O)CC3)c(C)c2)s1. The lowest BCUT2D eigenvalue weighted by Gasteiger charge is -2.21. The van der Waals surface area contributed by atoms with Crippen molar-refractivity contribution in [3.05, 3.63) is 23.3 Å². The summed E-state index contributed by atoms with van der Waals surface area (Å²) < 4.78 is 6.13. The Morgan fingerprint density at radius 3 is 2.57 bits per heavy atom. The third-order valence-electron chi connectivity index (χ3n) is 5.37. The van der Waals surface area contributed by atoms with E-state index in [4.69, 9.17) is 4.74 Å². The summed E-state index contributed by atoms with van der Waals surface area (Å²) in [4.78, 5) is 11.4. The Labute approximate surface area is 171 Å². The fraction of sp³-hybridized carbons (Fsp3) is 0.591. The topological polar surface area (TPSA) is 64.1 Å². The van der Waals surface area contributed by atoms with Crippen LogP contribution in [0.25, 0.3) is 10.6 Å². The molecule has 1 saturated carbocycles. The van der Waals surface area contributed by atoms with Gasteiger partial charge in [-0.15, -0.1) is 10.2 Å². The van der Waals surface area contributed by atoms with Crippen LogP contribution in [0.1, 0.15) is 63.0 Å². The predicted octanol–water partition coefficient (Wildman–Crippen LogP) is 5.56. The summed E-state index contributed by atoms with van der Waals surface area (Å²) in [7, 11) is 0. The summed E-state index contributed by atoms with van der Waals surface area (Å²) >= 11 is 1.59. The van der Waals surface area contributed by atoms with Crippen LogP contribution in [-0.4, -0.2) is 29.1 Å². The van der Waals surface area contributed by atoms with Gasteiger partial charge >= 0.3 is 0 Å². The first-order chi connectivity index (χ1) is 13.6. The average Bonchev–Trinajstić information content (AvgIpc) is 3.14. The molecule has 1 aromatic heterocycles. The molecule has 2 aromatic rings. The molecule has 1 fully saturated rings. The zero-order chi connectivity index (χ0) is 19.9. The van der Waals surface area contributed by atoms with E-state index in [1.54, 1.807) is 11.3 Å². The van der Waals surface area contributed by atoms with E-state index in [2.05, 4.69) is 48.4 Å². The van der Waals surface area contributed by atoms with Gasteiger partial charge in [0.25, 0.3) is 0 Å². The van der Waals surface area contributed by atoms with Gasteiger partial charge in [-0.3, -0.25) is 4.79 Å². The van der Waals surface area contributed by atoms with E-state index >= 15 is 0 Å². The lowest BCUT2D eigenvalue weighted by molar-refractivity contribution is -0.121. The first-order valence-electron chi connectivity index (χ1n) is 10.4. The highest BCUT2D eigenvalue weighted by atomic mass is 32.1. The Balaban J connectivity index is 1.58. The van der Waals surface area contributed by atoms with Gasteiger partial charge in [-0.25, -0.2) is 0 Å². The normalized spacial score (nSPS) is 15.0. The van der Waals surface area contributed by atoms with Gasteiger partial charge in [0.1, 0.15) is 16.5 Å². The Morgan fingerprint density at radius 2 is 1.89 bits per heavy atom. The number of aryl methyl sites for hydroxylation is 2. The second-order valence-electron chi connectivity index (χ2n) is 7.75. The van der Waals surface area contributed by atoms with Crippen molar-refractivity contribution in [2.45, 2.75) is 65.7 Å². The molecule has 0 atom stereocenters. The summed E-state index contributed by atoms with van der Waals surface area (Å²) in [6.07, 6.45) is 6.85. The number of hydrogen-bond acceptors (Lipinski definition) is 6. The van der Waals surface area contributed by atoms with Gasteiger partial charge in [0, 0.05) is 24.9 Å². The minimum atomic E-state index is 0.417. The molecular formula is C22H31N3O2S. The van der Waals surface area contributed by atoms with E-state index < -0.39 is 0 Å². The third kappa shape index (κ3) is 5.53. The molecule has 1 aliphatic carbocycles. The van der Waals surface area contributed by atoms with Crippen LogP contribution >= 0.6 is 11.3 Å². The van der Waals surface area contributed by atoms with Crippen molar-refractivity contribution < 1.29 is 9.53 Å². The van der Waals surface area contributed by atoms with Gasteiger partial charge in [-0.2, -0.15) is 0 Å². The third-order valence-corrected chi connectivity index (χ3v) is 6.30. The number of anilines is 1. The summed E-state index contributed by atoms with van der Waals surface area (Å²) in [6.45, 7) is 8.01. The number of nitrogens with one attached hydrogen (secondary N) is 1. The van der Waals surface area contributed by atoms with Crippen molar-refractivity contribution >= 4 is 22.3 Å². The summed E-state index contributed by atoms with van der Waals surface area (Å²) in [6, 6.07) is 4.27. The number of Topliss-reactive ketones (excluding diaryl/α,β-unsaturated/α-hetero) is 1. The number of hydrogen-bond donors (Lipinski definition) is 1. The van der Waals surface area contributed by atoms with Gasteiger partial charge in [-0.05, 0) is 68.7 Å². The fourth-order valence-electron chi connectivity index (χ4n) is 3.70. The van der Waals surface area contributed by atoms with E-state index in [0.717, 1.165) is 84.1 Å². The summed E-state index contributed by atoms with van der Waals surface area (Å²) in [5, 5.41) is 13.8. The van der Waals surface area contributed by atoms with Gasteiger partial charge in [0.15, 0.2) is 0 Å². The van der Waals surface area contributed by atoms with E-state index in [9.17, 15) is 4.79 Å². The van der Waals surface area contributed by atoms with Crippen molar-refractivity contribution in [3.8, 4) is 16.3 Å². The Bertz CT molecular complexity index is 770. The maximum absolute atomic E-state index is 11.4. The van der Waals surface area contributed by atoms with Crippen LogP contribution in [0.3, 0.4) is 0 Å². The molecule has 0 saturated heterocycles. The molecule has 1 heterocycles. The molecule has 0 spiro atoms. The second kappa shape index (κ2) is 10.0. The van der Waals surface area contributed by atoms with Crippen molar-refractivity contribution in [1.82, 2.24) is 10.2 Å². The maximum Gasteiger partial charge on any atom is 0.206 e. The molecule has 152 valence electrons. The second-order valence-corrected chi connectivity index (χ2v) is 8.73. The summed E-state index contributed by atoms with van der Waals surface area (Å²) in [5.74, 6) is 2.01. The van der Waals surface area contributed by atoms with Crippen molar-refractivity contribution in [3.63, 3.8) is 0 Å². The van der Waals surface area contributed by atoms with Crippen LogP contribution in [0, 0.1) is 19.8 Å². The van der Waals surface area contributed by atoms with Crippen LogP contribution < -0.4 is 10.1 Å². The molecule has 1 aliphatic rings. The first kappa shape index (κ1) is 20.8. The van der Waals surface area contributed by atoms with Gasteiger partial charge in [-0.1, -0.05) is 24.7 Å². The molecule has 0 aliphatic heterocycles. The standard InChI is InChI=1S/C22H31N3O2S/c1-4-5-11-23-22-25-24-21(28-22)18-13-15(2)20(16(3)14-18)27-12-10-17-6-8-19(26)9-7-17/h13-14,17H,4-12H2,1-3H3,(H,23,25). The van der Waals surface area contributed by atoms with E-state index in [1.165, 1.54) is 0 Å². The average molecular weight is 402 g/mol. The molecule has 1 N–H and O–H groups in total. The van der Waals surface area contributed by atoms with Crippen LogP contribution in [0.15, 0.2) is 12.1 Å². The molecule has 6 heteroatoms. The lowest BCUT2D eigenvalue weighted by Crippen LogP contribution is -2.16. The van der Waals surface area contributed by atoms with Gasteiger partial charge in [0.05, 0.1) is 6.61 Å². The molecule has 0 radical (unpaired) electrons. The Kier molecular flexibility index (Phi) is 7.43. The zero-order valence-electron chi connectivity index (χ0n) is 17.2. The number of rotatable bonds is 9. The maximum atomic E-state index is 11.4. The highest BCUT2D eigenvalue weighted by Gasteiger charge is 2.19. The van der Waals surface area contributed by atoms with Crippen molar-refractivity contribution in [2.24, 2.45) is 5.92 Å². The number of aromatic nitrogens is 2. The number of nitrogens with zero attached hydrogens (tertiary/aromatic N) is 2. The smallest absolute Gasteiger partial charge is 0.206 e. The minimum Gasteiger partial charge on any atom is -0.493 e. The number of unbranched alkanes of at least 4 members (excludes halogenated alkanes) is 1. The van der Waals surface area contributed by atoms with Gasteiger partial charge in [0.2, 0.25) is 5.13 Å². The number of carbonyl (C=O) groups excluding carboxylic acids is 1. The van der Waals surface area contributed by atoms with Crippen molar-refractivity contribution in [1.29, 1.82) is 0 Å². The van der Waals surface area contributed by atoms with Crippen LogP contribution in [0.4, 0.5) is 5.13 Å². The first-order valence-corrected chi connectivity index (χ1v) is 11.2. The molecule has 1 aromatic carbocycles. The number of ether oxygens (including phenoxy) is 1. The van der Waals surface area contributed by atoms with E-state index in [1.807, 2.05) is 0 Å². The Morgan fingerprint density at radius 1 is 1.18 bits per heavy atom. The largest absolute Gasteiger partial charge is 0.493 e. The van der Waals surface area contributed by atoms with E-state index in [-0.39, 0.29) is 0 Å². The summed E-state index contributed by atoms with van der Waals surface area (Å²) in [5.41, 5.74) is 3.35. The van der Waals surface area contributed by atoms with E-state index in [0.29, 0.717) is 18.3 Å². The fourth-order valence-corrected chi connectivity index (χ4v) is 4.46. The van der Waals surface area contributed by atoms with Crippen LogP contribution in [-0.2, 0) is 4.79 Å². The molecular weight excluding hydrogens is 370 g/mol. The molecule has 0 unspecified atom stereocenters. The monoisotopic (exact) mass is 401 g/mol. The molecule has 0 bridgehead atoms. The molecule has 28 heavy (non-hydrogen) atoms. The molecule has 0 amide bonds. The zero-order valence-corrected chi connectivity index (χ0v) is 18.0. The van der Waals surface area contributed by atoms with Crippen LogP contribution in [0.5, 0.6) is 5.75 Å². The predicted molar refractivity (Wildman–Crippen MR) is 115 cm³/mol. The van der Waals surface area contributed by atoms with Crippen molar-refractivity contribution in [2.75, 3.05) is 18.5 Å². The van der Waals surface area contributed by atoms with Crippen LogP contribution in [0.2, 0.25) is 0 Å². The molecule has 3 rings (SSSR count). The highest BCUT2D eigenvalue weighted by Crippen LogP contribution is 2.33. The van der Waals surface area contributed by atoms with Gasteiger partial charge < -0.3 is 10.1 Å². The lowest BCUT2D eigenvalue weighted by atomic mass is 9.86. The Hall–Kier alpha value is -1.95. The highest BCUT2D eigenvalue weighted by molar-refractivity contribution is 7.18. The molecule has 5 nitrogen and oxygen atoms in total. The number of carbonyl (C=O) groups is 1. The number of ketones is 1. The number of benzene rings is 1.